The molecule has 0 saturated carbocycles. The van der Waals surface area contributed by atoms with E-state index in [0.29, 0.717) is 19.2 Å². The van der Waals surface area contributed by atoms with Crippen LogP contribution in [0.4, 0.5) is 0 Å². The van der Waals surface area contributed by atoms with Crippen molar-refractivity contribution in [3.63, 3.8) is 0 Å². The van der Waals surface area contributed by atoms with Gasteiger partial charge >= 0.3 is 0 Å². The fraction of sp³-hybridized carbons (Fsp3) is 0.500. The molecule has 1 unspecified atom stereocenters. The number of aliphatic imine (C=N–C) groups is 1. The van der Waals surface area contributed by atoms with Gasteiger partial charge in [0.25, 0.3) is 0 Å². The summed E-state index contributed by atoms with van der Waals surface area (Å²) in [6.45, 7) is 4.03. The molecule has 3 N–H and O–H groups in total. The summed E-state index contributed by atoms with van der Waals surface area (Å²) in [4.78, 5) is 4.55. The molecule has 1 aromatic rings. The summed E-state index contributed by atoms with van der Waals surface area (Å²) < 4.78 is 31.3. The van der Waals surface area contributed by atoms with E-state index in [1.54, 1.807) is 24.3 Å². The van der Waals surface area contributed by atoms with Gasteiger partial charge in [0.1, 0.15) is 0 Å². The van der Waals surface area contributed by atoms with Crippen LogP contribution in [0.25, 0.3) is 0 Å². The van der Waals surface area contributed by atoms with Crippen molar-refractivity contribution in [3.8, 4) is 0 Å². The van der Waals surface area contributed by atoms with Crippen LogP contribution >= 0.6 is 24.0 Å². The number of sulfonamides is 1. The van der Waals surface area contributed by atoms with Crippen LogP contribution in [-0.4, -0.2) is 47.2 Å². The second-order valence-corrected chi connectivity index (χ2v) is 6.89. The molecule has 23 heavy (non-hydrogen) atoms. The Labute approximate surface area is 154 Å². The average Bonchev–Trinajstić information content (AvgIpc) is 2.91. The quantitative estimate of drug-likeness (QED) is 0.416. The number of rotatable bonds is 7. The molecule has 7 nitrogen and oxygen atoms in total. The molecule has 0 fully saturated rings. The molecule has 130 valence electrons. The van der Waals surface area contributed by atoms with Crippen LogP contribution in [0, 0.1) is 0 Å². The van der Waals surface area contributed by atoms with Gasteiger partial charge in [0.05, 0.1) is 18.0 Å². The third-order valence-electron chi connectivity index (χ3n) is 3.20. The number of methoxy groups -OCH3 is 1. The van der Waals surface area contributed by atoms with Gasteiger partial charge in [-0.15, -0.1) is 24.0 Å². The summed E-state index contributed by atoms with van der Waals surface area (Å²) >= 11 is 0. The van der Waals surface area contributed by atoms with E-state index >= 15 is 0 Å². The molecule has 1 aliphatic rings. The highest BCUT2D eigenvalue weighted by atomic mass is 127. The number of hydrogen-bond donors (Lipinski definition) is 3. The van der Waals surface area contributed by atoms with Gasteiger partial charge in [0.2, 0.25) is 10.0 Å². The first-order valence-corrected chi connectivity index (χ1v) is 8.62. The highest BCUT2D eigenvalue weighted by Crippen LogP contribution is 2.10. The first-order chi connectivity index (χ1) is 10.5. The second kappa shape index (κ2) is 9.40. The monoisotopic (exact) mass is 454 g/mol. The van der Waals surface area contributed by atoms with Crippen molar-refractivity contribution in [2.24, 2.45) is 4.99 Å². The zero-order valence-electron chi connectivity index (χ0n) is 13.2. The molecule has 9 heteroatoms. The molecule has 0 aliphatic carbocycles. The van der Waals surface area contributed by atoms with Gasteiger partial charge in [-0.05, 0) is 24.6 Å². The molecule has 2 rings (SSSR count). The Kier molecular flexibility index (Phi) is 8.23. The van der Waals surface area contributed by atoms with Crippen LogP contribution in [-0.2, 0) is 21.3 Å². The van der Waals surface area contributed by atoms with E-state index in [1.807, 2.05) is 0 Å². The molecule has 0 saturated heterocycles. The van der Waals surface area contributed by atoms with E-state index in [4.69, 9.17) is 4.74 Å². The Hall–Kier alpha value is -0.910. The molecule has 1 aromatic carbocycles. The van der Waals surface area contributed by atoms with E-state index in [0.717, 1.165) is 18.1 Å². The number of halogens is 1. The zero-order valence-corrected chi connectivity index (χ0v) is 16.4. The smallest absolute Gasteiger partial charge is 0.240 e. The number of nitrogens with one attached hydrogen (secondary N) is 3. The van der Waals surface area contributed by atoms with Gasteiger partial charge in [0.15, 0.2) is 5.96 Å². The fourth-order valence-corrected chi connectivity index (χ4v) is 3.01. The normalized spacial score (nSPS) is 17.1. The summed E-state index contributed by atoms with van der Waals surface area (Å²) in [7, 11) is -1.95. The Balaban J connectivity index is 0.00000264. The molecule has 1 aliphatic heterocycles. The lowest BCUT2D eigenvalue weighted by atomic mass is 10.2. The van der Waals surface area contributed by atoms with Crippen molar-refractivity contribution in [1.82, 2.24) is 15.4 Å². The molecule has 1 heterocycles. The predicted molar refractivity (Wildman–Crippen MR) is 101 cm³/mol. The van der Waals surface area contributed by atoms with Crippen molar-refractivity contribution in [3.05, 3.63) is 29.8 Å². The zero-order chi connectivity index (χ0) is 16.0. The van der Waals surface area contributed by atoms with Crippen LogP contribution < -0.4 is 15.4 Å². The standard InChI is InChI=1S/C14H22N4O3S.HI/c1-11-9-15-14(18-11)16-10-12-3-5-13(6-4-12)22(19,20)17-7-8-21-2;/h3-6,11,17H,7-10H2,1-2H3,(H2,15,16,18);1H. The maximum atomic E-state index is 12.0. The number of nitrogens with zero attached hydrogens (tertiary/aromatic N) is 1. The summed E-state index contributed by atoms with van der Waals surface area (Å²) in [5, 5.41) is 6.40. The van der Waals surface area contributed by atoms with Gasteiger partial charge < -0.3 is 15.4 Å². The molecule has 1 atom stereocenters. The Morgan fingerprint density at radius 3 is 2.61 bits per heavy atom. The largest absolute Gasteiger partial charge is 0.383 e. The van der Waals surface area contributed by atoms with Gasteiger partial charge in [0, 0.05) is 26.2 Å². The van der Waals surface area contributed by atoms with E-state index in [2.05, 4.69) is 27.3 Å². The van der Waals surface area contributed by atoms with Crippen molar-refractivity contribution in [1.29, 1.82) is 0 Å². The molecule has 0 amide bonds. The van der Waals surface area contributed by atoms with Crippen molar-refractivity contribution >= 4 is 40.0 Å². The Bertz CT molecular complexity index is 619. The lowest BCUT2D eigenvalue weighted by Gasteiger charge is -2.10. The number of benzene rings is 1. The van der Waals surface area contributed by atoms with Crippen molar-refractivity contribution < 1.29 is 13.2 Å². The fourth-order valence-electron chi connectivity index (χ4n) is 1.99. The van der Waals surface area contributed by atoms with Gasteiger partial charge in [-0.3, -0.25) is 4.99 Å². The van der Waals surface area contributed by atoms with Gasteiger partial charge in [-0.25, -0.2) is 13.1 Å². The number of guanidine groups is 1. The van der Waals surface area contributed by atoms with Crippen LogP contribution in [0.15, 0.2) is 34.2 Å². The molecular weight excluding hydrogens is 431 g/mol. The van der Waals surface area contributed by atoms with Crippen LogP contribution in [0.5, 0.6) is 0 Å². The summed E-state index contributed by atoms with van der Waals surface area (Å²) in [6, 6.07) is 7.12. The van der Waals surface area contributed by atoms with Gasteiger partial charge in [-0.1, -0.05) is 12.1 Å². The van der Waals surface area contributed by atoms with E-state index in [-0.39, 0.29) is 35.4 Å². The maximum absolute atomic E-state index is 12.0. The minimum atomic E-state index is -3.47. The maximum Gasteiger partial charge on any atom is 0.240 e. The molecular formula is C14H23IN4O3S. The number of hydrogen-bond acceptors (Lipinski definition) is 6. The van der Waals surface area contributed by atoms with Crippen LogP contribution in [0.3, 0.4) is 0 Å². The highest BCUT2D eigenvalue weighted by molar-refractivity contribution is 14.0. The predicted octanol–water partition coefficient (Wildman–Crippen LogP) is 0.667. The summed E-state index contributed by atoms with van der Waals surface area (Å²) in [5.74, 6) is 0.783. The number of ether oxygens (including phenoxy) is 1. The SMILES string of the molecule is COCCNS(=O)(=O)c1ccc(CNC2=NCC(C)N2)cc1.I. The summed E-state index contributed by atoms with van der Waals surface area (Å²) in [5.41, 5.74) is 0.986. The van der Waals surface area contributed by atoms with Gasteiger partial charge in [-0.2, -0.15) is 0 Å². The van der Waals surface area contributed by atoms with E-state index < -0.39 is 10.0 Å². The average molecular weight is 454 g/mol. The van der Waals surface area contributed by atoms with E-state index in [1.165, 1.54) is 7.11 Å². The molecule has 0 bridgehead atoms. The first kappa shape index (κ1) is 20.1. The minimum Gasteiger partial charge on any atom is -0.383 e. The van der Waals surface area contributed by atoms with Crippen molar-refractivity contribution in [2.75, 3.05) is 26.8 Å². The lowest BCUT2D eigenvalue weighted by molar-refractivity contribution is 0.204. The minimum absolute atomic E-state index is 0. The second-order valence-electron chi connectivity index (χ2n) is 5.12. The molecule has 0 radical (unpaired) electrons. The first-order valence-electron chi connectivity index (χ1n) is 7.13. The molecule has 0 aromatic heterocycles. The van der Waals surface area contributed by atoms with E-state index in [9.17, 15) is 8.42 Å². The third kappa shape index (κ3) is 6.24. The highest BCUT2D eigenvalue weighted by Gasteiger charge is 2.14. The topological polar surface area (TPSA) is 91.8 Å². The van der Waals surface area contributed by atoms with Crippen LogP contribution in [0.1, 0.15) is 12.5 Å². The van der Waals surface area contributed by atoms with Crippen molar-refractivity contribution in [2.45, 2.75) is 24.4 Å². The molecule has 0 spiro atoms. The summed E-state index contributed by atoms with van der Waals surface area (Å²) in [6.07, 6.45) is 0. The van der Waals surface area contributed by atoms with Crippen LogP contribution in [0.2, 0.25) is 0 Å². The Morgan fingerprint density at radius 1 is 1.35 bits per heavy atom. The Morgan fingerprint density at radius 2 is 2.04 bits per heavy atom. The third-order valence-corrected chi connectivity index (χ3v) is 4.68. The lowest BCUT2D eigenvalue weighted by Crippen LogP contribution is -2.37.